The van der Waals surface area contributed by atoms with Crippen LogP contribution >= 0.6 is 20.2 Å². The van der Waals surface area contributed by atoms with Gasteiger partial charge in [0.15, 0.2) is 0 Å². The second-order valence-electron chi connectivity index (χ2n) is 4.92. The Bertz CT molecular complexity index is 185. The maximum atomic E-state index is 4.80. The molecule has 123 valence electrons. The zero-order chi connectivity index (χ0) is 15.1. The molecule has 5 N–H and O–H groups in total. The first kappa shape index (κ1) is 20.9. The van der Waals surface area contributed by atoms with Crippen molar-refractivity contribution in [1.29, 1.82) is 0 Å². The Morgan fingerprint density at radius 1 is 0.700 bits per heavy atom. The quantitative estimate of drug-likeness (QED) is 0.392. The molecule has 20 heavy (non-hydrogen) atoms. The van der Waals surface area contributed by atoms with Crippen LogP contribution in [-0.2, 0) is 13.1 Å². The number of hydrogen-bond acceptors (Lipinski definition) is 5. The van der Waals surface area contributed by atoms with Crippen molar-refractivity contribution < 1.29 is 13.1 Å². The fourth-order valence-corrected chi connectivity index (χ4v) is 1.90. The molecule has 1 rings (SSSR count). The van der Waals surface area contributed by atoms with E-state index in [-0.39, 0.29) is 13.1 Å². The minimum atomic E-state index is 0.00694. The average molecular weight is 369 g/mol. The van der Waals surface area contributed by atoms with E-state index < -0.39 is 0 Å². The van der Waals surface area contributed by atoms with Gasteiger partial charge in [-0.15, -0.1) is 0 Å². The third kappa shape index (κ3) is 15.3. The standard InChI is InChI=1S/C12H29N5.2ClH.Mn/c1-11-9-15-10-12(2)17-8-6-14-4-3-13-5-7-16-11;;;/h11-17H,3-10H2,1-2H3;2*1H;/q;;;+2/p-2/t11-,12-;;;/m0.../s1. The SMILES string of the molecule is C[C@H]1CNC[C@H](C)NCCNCCNCCN1.[Cl][Mn][Cl]. The number of nitrogens with one attached hydrogen (secondary N) is 5. The molecule has 1 fully saturated rings. The van der Waals surface area contributed by atoms with Gasteiger partial charge in [-0.05, 0) is 13.8 Å². The van der Waals surface area contributed by atoms with Crippen LogP contribution in [0, 0.1) is 0 Å². The van der Waals surface area contributed by atoms with Crippen LogP contribution in [0.3, 0.4) is 0 Å². The molecular formula is C12H29Cl2MnN5. The number of halogens is 2. The van der Waals surface area contributed by atoms with Crippen molar-refractivity contribution in [3.63, 3.8) is 0 Å². The third-order valence-electron chi connectivity index (χ3n) is 2.97. The van der Waals surface area contributed by atoms with E-state index in [9.17, 15) is 0 Å². The van der Waals surface area contributed by atoms with Crippen LogP contribution in [0.15, 0.2) is 0 Å². The summed E-state index contributed by atoms with van der Waals surface area (Å²) >= 11 is 0.00694. The van der Waals surface area contributed by atoms with Gasteiger partial charge in [0.05, 0.1) is 0 Å². The Kier molecular flexibility index (Phi) is 17.0. The zero-order valence-corrected chi connectivity index (χ0v) is 15.1. The molecule has 5 nitrogen and oxygen atoms in total. The van der Waals surface area contributed by atoms with Crippen molar-refractivity contribution >= 4 is 20.2 Å². The summed E-state index contributed by atoms with van der Waals surface area (Å²) in [6.07, 6.45) is 0. The Hall–Kier alpha value is 0.899. The van der Waals surface area contributed by atoms with Gasteiger partial charge in [0.1, 0.15) is 0 Å². The van der Waals surface area contributed by atoms with Crippen molar-refractivity contribution in [2.75, 3.05) is 52.4 Å². The van der Waals surface area contributed by atoms with Gasteiger partial charge in [0.25, 0.3) is 0 Å². The fraction of sp³-hybridized carbons (Fsp3) is 1.00. The van der Waals surface area contributed by atoms with E-state index >= 15 is 0 Å². The van der Waals surface area contributed by atoms with Crippen molar-refractivity contribution in [2.45, 2.75) is 25.9 Å². The molecule has 0 bridgehead atoms. The molecule has 0 unspecified atom stereocenters. The molecule has 2 atom stereocenters. The van der Waals surface area contributed by atoms with Gasteiger partial charge in [-0.3, -0.25) is 0 Å². The molecular weight excluding hydrogens is 340 g/mol. The summed E-state index contributed by atoms with van der Waals surface area (Å²) in [7, 11) is 9.59. The molecule has 1 heterocycles. The Morgan fingerprint density at radius 2 is 1.05 bits per heavy atom. The van der Waals surface area contributed by atoms with Crippen molar-refractivity contribution in [1.82, 2.24) is 26.6 Å². The van der Waals surface area contributed by atoms with Gasteiger partial charge < -0.3 is 26.6 Å². The summed E-state index contributed by atoms with van der Waals surface area (Å²) in [5.74, 6) is 0. The molecule has 1 aliphatic heterocycles. The van der Waals surface area contributed by atoms with E-state index in [4.69, 9.17) is 20.2 Å². The second kappa shape index (κ2) is 16.3. The van der Waals surface area contributed by atoms with E-state index in [0.717, 1.165) is 52.4 Å². The molecule has 0 aromatic carbocycles. The predicted octanol–water partition coefficient (Wildman–Crippen LogP) is 0.102. The Morgan fingerprint density at radius 3 is 1.45 bits per heavy atom. The normalized spacial score (nSPS) is 27.6. The predicted molar refractivity (Wildman–Crippen MR) is 85.2 cm³/mol. The van der Waals surface area contributed by atoms with E-state index in [1.807, 2.05) is 0 Å². The molecule has 0 saturated carbocycles. The molecule has 0 aromatic rings. The maximum absolute atomic E-state index is 4.80. The van der Waals surface area contributed by atoms with Gasteiger partial charge in [0.2, 0.25) is 0 Å². The van der Waals surface area contributed by atoms with Gasteiger partial charge in [-0.1, -0.05) is 0 Å². The summed E-state index contributed by atoms with van der Waals surface area (Å²) < 4.78 is 0. The summed E-state index contributed by atoms with van der Waals surface area (Å²) in [6, 6.07) is 1.07. The Balaban J connectivity index is 0.00000110. The summed E-state index contributed by atoms with van der Waals surface area (Å²) in [5.41, 5.74) is 0. The molecule has 0 aliphatic carbocycles. The second-order valence-corrected chi connectivity index (χ2v) is 6.87. The van der Waals surface area contributed by atoms with Crippen LogP contribution < -0.4 is 26.6 Å². The van der Waals surface area contributed by atoms with E-state index in [2.05, 4.69) is 40.4 Å². The summed E-state index contributed by atoms with van der Waals surface area (Å²) in [5, 5.41) is 17.3. The fourth-order valence-electron chi connectivity index (χ4n) is 1.90. The number of rotatable bonds is 0. The first-order chi connectivity index (χ1) is 9.70. The molecule has 1 saturated heterocycles. The van der Waals surface area contributed by atoms with Crippen LogP contribution in [0.5, 0.6) is 0 Å². The monoisotopic (exact) mass is 368 g/mol. The van der Waals surface area contributed by atoms with Crippen molar-refractivity contribution in [3.8, 4) is 0 Å². The van der Waals surface area contributed by atoms with E-state index in [0.29, 0.717) is 12.1 Å². The third-order valence-corrected chi connectivity index (χ3v) is 2.97. The van der Waals surface area contributed by atoms with Gasteiger partial charge >= 0.3 is 33.3 Å². The van der Waals surface area contributed by atoms with Crippen LogP contribution in [-0.4, -0.2) is 64.4 Å². The van der Waals surface area contributed by atoms with Crippen LogP contribution in [0.1, 0.15) is 13.8 Å². The first-order valence-corrected chi connectivity index (χ1v) is 10.4. The van der Waals surface area contributed by atoms with Crippen LogP contribution in [0.4, 0.5) is 0 Å². The zero-order valence-electron chi connectivity index (χ0n) is 12.4. The Labute approximate surface area is 138 Å². The molecule has 0 spiro atoms. The topological polar surface area (TPSA) is 60.1 Å². The van der Waals surface area contributed by atoms with Crippen LogP contribution in [0.2, 0.25) is 0 Å². The van der Waals surface area contributed by atoms with E-state index in [1.165, 1.54) is 0 Å². The average Bonchev–Trinajstić information content (AvgIpc) is 2.41. The van der Waals surface area contributed by atoms with Crippen molar-refractivity contribution in [3.05, 3.63) is 0 Å². The van der Waals surface area contributed by atoms with E-state index in [1.54, 1.807) is 0 Å². The molecule has 1 aliphatic rings. The molecule has 8 heteroatoms. The minimum absolute atomic E-state index is 0.00694. The van der Waals surface area contributed by atoms with Crippen LogP contribution in [0.25, 0.3) is 0 Å². The van der Waals surface area contributed by atoms with Gasteiger partial charge in [-0.25, -0.2) is 0 Å². The van der Waals surface area contributed by atoms with Crippen molar-refractivity contribution in [2.24, 2.45) is 0 Å². The number of hydrogen-bond donors (Lipinski definition) is 5. The molecule has 0 amide bonds. The summed E-state index contributed by atoms with van der Waals surface area (Å²) in [4.78, 5) is 0. The molecule has 0 radical (unpaired) electrons. The molecule has 0 aromatic heterocycles. The summed E-state index contributed by atoms with van der Waals surface area (Å²) in [6.45, 7) is 12.8. The van der Waals surface area contributed by atoms with Gasteiger partial charge in [0, 0.05) is 64.4 Å². The van der Waals surface area contributed by atoms with Gasteiger partial charge in [-0.2, -0.15) is 0 Å². The first-order valence-electron chi connectivity index (χ1n) is 7.16.